The van der Waals surface area contributed by atoms with Crippen molar-refractivity contribution in [2.24, 2.45) is 4.99 Å². The molecule has 2 aromatic rings. The van der Waals surface area contributed by atoms with Crippen LogP contribution in [-0.4, -0.2) is 31.9 Å². The molecule has 8 heteroatoms. The van der Waals surface area contributed by atoms with Crippen molar-refractivity contribution in [2.75, 3.05) is 0 Å². The van der Waals surface area contributed by atoms with Gasteiger partial charge in [0.25, 0.3) is 5.69 Å². The fraction of sp³-hybridized carbons (Fsp3) is 0. The third kappa shape index (κ3) is 3.25. The second-order valence-electron chi connectivity index (χ2n) is 4.65. The molecule has 104 valence electrons. The summed E-state index contributed by atoms with van der Waals surface area (Å²) in [6.07, 6.45) is 1.44. The highest BCUT2D eigenvalue weighted by atomic mass is 35.5. The third-order valence-corrected chi connectivity index (χ3v) is 3.36. The van der Waals surface area contributed by atoms with Gasteiger partial charge in [0.2, 0.25) is 0 Å². The van der Waals surface area contributed by atoms with Gasteiger partial charge in [0.1, 0.15) is 26.5 Å². The molecule has 0 aliphatic carbocycles. The number of hydrogen-bond acceptors (Lipinski definition) is 4. The Morgan fingerprint density at radius 3 is 2.71 bits per heavy atom. The number of phenols is 1. The van der Waals surface area contributed by atoms with E-state index >= 15 is 0 Å². The number of hydrogen-bond donors (Lipinski definition) is 1. The van der Waals surface area contributed by atoms with Crippen molar-refractivity contribution in [3.63, 3.8) is 0 Å². The first-order valence-electron chi connectivity index (χ1n) is 6.17. The highest BCUT2D eigenvalue weighted by molar-refractivity contribution is 6.39. The maximum Gasteiger partial charge on any atom is 0.290 e. The standard InChI is InChI=1S/C13H11B2ClN2O3/c14-8-4-7(13(19)9(15)5-8)6-17-10-2-1-3-11(12(10)16)18(20)21/h1-6,19H,14-15H2/b17-6+. The number of aromatic hydroxyl groups is 1. The smallest absolute Gasteiger partial charge is 0.290 e. The van der Waals surface area contributed by atoms with Gasteiger partial charge in [-0.25, -0.2) is 0 Å². The first-order chi connectivity index (χ1) is 9.90. The first-order valence-corrected chi connectivity index (χ1v) is 6.55. The van der Waals surface area contributed by atoms with Crippen molar-refractivity contribution in [3.8, 4) is 5.75 Å². The predicted octanol–water partition coefficient (Wildman–Crippen LogP) is 0.221. The summed E-state index contributed by atoms with van der Waals surface area (Å²) < 4.78 is 0. The molecule has 2 aromatic carbocycles. The van der Waals surface area contributed by atoms with Gasteiger partial charge in [-0.3, -0.25) is 15.1 Å². The number of nitro groups is 1. The van der Waals surface area contributed by atoms with Crippen molar-refractivity contribution in [1.82, 2.24) is 0 Å². The van der Waals surface area contributed by atoms with Crippen LogP contribution in [0.15, 0.2) is 35.3 Å². The molecule has 0 fully saturated rings. The molecule has 0 amide bonds. The van der Waals surface area contributed by atoms with E-state index < -0.39 is 4.92 Å². The van der Waals surface area contributed by atoms with Crippen LogP contribution in [-0.2, 0) is 0 Å². The van der Waals surface area contributed by atoms with Gasteiger partial charge in [-0.05, 0) is 11.5 Å². The average Bonchev–Trinajstić information content (AvgIpc) is 2.42. The molecule has 21 heavy (non-hydrogen) atoms. The molecule has 2 rings (SSSR count). The van der Waals surface area contributed by atoms with Gasteiger partial charge in [0, 0.05) is 17.8 Å². The minimum Gasteiger partial charge on any atom is -0.508 e. The Morgan fingerprint density at radius 1 is 1.33 bits per heavy atom. The number of halogens is 1. The summed E-state index contributed by atoms with van der Waals surface area (Å²) >= 11 is 5.95. The Kier molecular flexibility index (Phi) is 4.33. The SMILES string of the molecule is Bc1cc(B)c(O)c(/C=N/c2cccc([N+](=O)[O-])c2Cl)c1. The molecule has 0 aliphatic rings. The third-order valence-electron chi connectivity index (χ3n) is 2.97. The molecule has 0 aliphatic heterocycles. The van der Waals surface area contributed by atoms with Gasteiger partial charge in [0.05, 0.1) is 10.6 Å². The van der Waals surface area contributed by atoms with E-state index in [4.69, 9.17) is 11.6 Å². The first kappa shape index (κ1) is 15.1. The lowest BCUT2D eigenvalue weighted by atomic mass is 9.85. The van der Waals surface area contributed by atoms with Crippen LogP contribution in [0.25, 0.3) is 0 Å². The number of rotatable bonds is 3. The summed E-state index contributed by atoms with van der Waals surface area (Å²) in [5.41, 5.74) is 2.34. The van der Waals surface area contributed by atoms with E-state index in [0.717, 1.165) is 10.9 Å². The molecular weight excluding hydrogens is 289 g/mol. The lowest BCUT2D eigenvalue weighted by Gasteiger charge is -2.05. The zero-order valence-electron chi connectivity index (χ0n) is 11.5. The number of benzene rings is 2. The van der Waals surface area contributed by atoms with Crippen molar-refractivity contribution in [2.45, 2.75) is 0 Å². The topological polar surface area (TPSA) is 75.7 Å². The second-order valence-corrected chi connectivity index (χ2v) is 5.02. The van der Waals surface area contributed by atoms with Crippen LogP contribution in [0.5, 0.6) is 5.75 Å². The van der Waals surface area contributed by atoms with Crippen molar-refractivity contribution < 1.29 is 10.0 Å². The summed E-state index contributed by atoms with van der Waals surface area (Å²) in [4.78, 5) is 14.4. The van der Waals surface area contributed by atoms with Crippen molar-refractivity contribution in [3.05, 3.63) is 51.0 Å². The Balaban J connectivity index is 2.43. The monoisotopic (exact) mass is 300 g/mol. The van der Waals surface area contributed by atoms with Gasteiger partial charge in [0.15, 0.2) is 0 Å². The molecule has 0 atom stereocenters. The number of phenolic OH excluding ortho intramolecular Hbond substituents is 1. The van der Waals surface area contributed by atoms with Crippen LogP contribution in [0.3, 0.4) is 0 Å². The predicted molar refractivity (Wildman–Crippen MR) is 89.8 cm³/mol. The minimum atomic E-state index is -0.560. The van der Waals surface area contributed by atoms with E-state index in [-0.39, 0.29) is 22.1 Å². The summed E-state index contributed by atoms with van der Waals surface area (Å²) in [5.74, 6) is 0.130. The Morgan fingerprint density at radius 2 is 2.05 bits per heavy atom. The summed E-state index contributed by atoms with van der Waals surface area (Å²) in [6.45, 7) is 0. The molecule has 0 bridgehead atoms. The zero-order chi connectivity index (χ0) is 15.6. The lowest BCUT2D eigenvalue weighted by Crippen LogP contribution is -2.15. The Hall–Kier alpha value is -2.27. The van der Waals surface area contributed by atoms with Gasteiger partial charge >= 0.3 is 0 Å². The van der Waals surface area contributed by atoms with E-state index in [1.165, 1.54) is 18.3 Å². The summed E-state index contributed by atoms with van der Waals surface area (Å²) in [6, 6.07) is 8.03. The normalized spacial score (nSPS) is 10.9. The fourth-order valence-electron chi connectivity index (χ4n) is 1.98. The van der Waals surface area contributed by atoms with Gasteiger partial charge in [-0.1, -0.05) is 35.3 Å². The molecule has 0 unspecified atom stereocenters. The molecule has 5 nitrogen and oxygen atoms in total. The minimum absolute atomic E-state index is 0.0254. The highest BCUT2D eigenvalue weighted by Gasteiger charge is 2.14. The van der Waals surface area contributed by atoms with Gasteiger partial charge in [-0.15, -0.1) is 0 Å². The maximum atomic E-state index is 10.8. The van der Waals surface area contributed by atoms with Gasteiger partial charge in [-0.2, -0.15) is 0 Å². The van der Waals surface area contributed by atoms with Crippen molar-refractivity contribution >= 4 is 55.8 Å². The van der Waals surface area contributed by atoms with E-state index in [9.17, 15) is 15.2 Å². The van der Waals surface area contributed by atoms with E-state index in [2.05, 4.69) is 4.99 Å². The quantitative estimate of drug-likeness (QED) is 0.381. The van der Waals surface area contributed by atoms with Crippen LogP contribution >= 0.6 is 11.6 Å². The lowest BCUT2D eigenvalue weighted by molar-refractivity contribution is -0.384. The Labute approximate surface area is 128 Å². The molecule has 0 saturated heterocycles. The number of nitrogens with zero attached hydrogens (tertiary/aromatic N) is 2. The van der Waals surface area contributed by atoms with E-state index in [1.807, 2.05) is 13.9 Å². The van der Waals surface area contributed by atoms with Crippen LogP contribution in [0.4, 0.5) is 11.4 Å². The largest absolute Gasteiger partial charge is 0.508 e. The summed E-state index contributed by atoms with van der Waals surface area (Å²) in [5, 5.41) is 20.8. The number of aliphatic imine (C=N–C) groups is 1. The molecular formula is C13H11B2ClN2O3. The van der Waals surface area contributed by atoms with Crippen LogP contribution in [0, 0.1) is 10.1 Å². The van der Waals surface area contributed by atoms with Gasteiger partial charge < -0.3 is 5.11 Å². The molecule has 0 heterocycles. The van der Waals surface area contributed by atoms with Crippen LogP contribution < -0.4 is 10.9 Å². The Bertz CT molecular complexity index is 750. The fourth-order valence-corrected chi connectivity index (χ4v) is 2.22. The maximum absolute atomic E-state index is 10.8. The van der Waals surface area contributed by atoms with Crippen LogP contribution in [0.2, 0.25) is 5.02 Å². The highest BCUT2D eigenvalue weighted by Crippen LogP contribution is 2.33. The van der Waals surface area contributed by atoms with Crippen LogP contribution in [0.1, 0.15) is 5.56 Å². The molecule has 1 N–H and O–H groups in total. The molecule has 0 saturated carbocycles. The second kappa shape index (κ2) is 6.01. The van der Waals surface area contributed by atoms with Crippen molar-refractivity contribution in [1.29, 1.82) is 0 Å². The number of nitro benzene ring substituents is 1. The average molecular weight is 300 g/mol. The van der Waals surface area contributed by atoms with E-state index in [1.54, 1.807) is 20.0 Å². The molecule has 0 spiro atoms. The summed E-state index contributed by atoms with van der Waals surface area (Å²) in [7, 11) is 3.70. The zero-order valence-corrected chi connectivity index (χ0v) is 12.3. The molecule has 0 aromatic heterocycles. The molecule has 0 radical (unpaired) electrons. The van der Waals surface area contributed by atoms with E-state index in [0.29, 0.717) is 5.56 Å².